The largest absolute Gasteiger partial charge is 0.349 e. The van der Waals surface area contributed by atoms with Gasteiger partial charge < -0.3 is 5.32 Å². The van der Waals surface area contributed by atoms with E-state index in [0.717, 1.165) is 32.8 Å². The first kappa shape index (κ1) is 18.3. The number of thioether (sulfide) groups is 2. The fourth-order valence-electron chi connectivity index (χ4n) is 2.10. The number of hydrogen-bond acceptors (Lipinski definition) is 6. The number of rotatable bonds is 9. The second-order valence-electron chi connectivity index (χ2n) is 4.88. The Kier molecular flexibility index (Phi) is 7.91. The van der Waals surface area contributed by atoms with Gasteiger partial charge >= 0.3 is 0 Å². The van der Waals surface area contributed by atoms with Crippen LogP contribution < -0.4 is 5.32 Å². The minimum Gasteiger partial charge on any atom is -0.349 e. The summed E-state index contributed by atoms with van der Waals surface area (Å²) >= 11 is 4.67. The summed E-state index contributed by atoms with van der Waals surface area (Å²) in [7, 11) is 0. The number of aromatic nitrogens is 2. The summed E-state index contributed by atoms with van der Waals surface area (Å²) in [5.41, 5.74) is 1.16. The Morgan fingerprint density at radius 3 is 2.52 bits per heavy atom. The van der Waals surface area contributed by atoms with E-state index in [0.29, 0.717) is 5.75 Å². The van der Waals surface area contributed by atoms with Crippen molar-refractivity contribution < 1.29 is 4.79 Å². The van der Waals surface area contributed by atoms with Gasteiger partial charge in [0.1, 0.15) is 0 Å². The fraction of sp³-hybridized carbons (Fsp3) is 0.438. The fourth-order valence-corrected chi connectivity index (χ4v) is 4.83. The Morgan fingerprint density at radius 1 is 1.17 bits per heavy atom. The van der Waals surface area contributed by atoms with Gasteiger partial charge in [0.15, 0.2) is 8.68 Å². The lowest BCUT2D eigenvalue weighted by atomic mass is 10.0. The monoisotopic (exact) mass is 367 g/mol. The summed E-state index contributed by atoms with van der Waals surface area (Å²) in [6.07, 6.45) is 1.97. The maximum Gasteiger partial charge on any atom is 0.230 e. The summed E-state index contributed by atoms with van der Waals surface area (Å²) in [5.74, 6) is 1.39. The van der Waals surface area contributed by atoms with E-state index < -0.39 is 0 Å². The molecule has 0 bridgehead atoms. The van der Waals surface area contributed by atoms with Gasteiger partial charge in [-0.2, -0.15) is 0 Å². The lowest BCUT2D eigenvalue weighted by molar-refractivity contribution is -0.119. The molecule has 2 aromatic rings. The van der Waals surface area contributed by atoms with Gasteiger partial charge in [-0.05, 0) is 17.7 Å². The SMILES string of the molecule is CCCC(NC(=O)CSc1nnc(SCC)s1)c1ccccc1. The predicted molar refractivity (Wildman–Crippen MR) is 99.3 cm³/mol. The first-order valence-electron chi connectivity index (χ1n) is 7.66. The summed E-state index contributed by atoms with van der Waals surface area (Å²) in [6, 6.07) is 10.2. The molecule has 0 radical (unpaired) electrons. The second-order valence-corrected chi connectivity index (χ2v) is 8.59. The number of carbonyl (C=O) groups is 1. The van der Waals surface area contributed by atoms with Crippen LogP contribution in [0.3, 0.4) is 0 Å². The molecule has 0 fully saturated rings. The van der Waals surface area contributed by atoms with Gasteiger partial charge in [-0.25, -0.2) is 0 Å². The third-order valence-corrected chi connectivity index (χ3v) is 6.17. The summed E-state index contributed by atoms with van der Waals surface area (Å²) < 4.78 is 1.81. The Bertz CT molecular complexity index is 604. The Morgan fingerprint density at radius 2 is 1.87 bits per heavy atom. The molecule has 0 aliphatic rings. The van der Waals surface area contributed by atoms with Crippen molar-refractivity contribution in [2.45, 2.75) is 41.4 Å². The normalized spacial score (nSPS) is 12.1. The van der Waals surface area contributed by atoms with Crippen LogP contribution in [0, 0.1) is 0 Å². The number of carbonyl (C=O) groups excluding carboxylic acids is 1. The van der Waals surface area contributed by atoms with Gasteiger partial charge in [-0.1, -0.05) is 85.5 Å². The highest BCUT2D eigenvalue weighted by molar-refractivity contribution is 8.03. The molecule has 0 saturated heterocycles. The zero-order valence-corrected chi connectivity index (χ0v) is 15.8. The van der Waals surface area contributed by atoms with Crippen LogP contribution in [-0.4, -0.2) is 27.6 Å². The molecular weight excluding hydrogens is 346 g/mol. The van der Waals surface area contributed by atoms with E-state index in [-0.39, 0.29) is 11.9 Å². The topological polar surface area (TPSA) is 54.9 Å². The molecule has 1 atom stereocenters. The number of hydrogen-bond donors (Lipinski definition) is 1. The molecule has 2 rings (SSSR count). The molecule has 0 aliphatic carbocycles. The Balaban J connectivity index is 1.86. The predicted octanol–water partition coefficient (Wildman–Crippen LogP) is 4.40. The summed E-state index contributed by atoms with van der Waals surface area (Å²) in [5, 5.41) is 11.3. The molecule has 0 aliphatic heterocycles. The highest BCUT2D eigenvalue weighted by atomic mass is 32.2. The highest BCUT2D eigenvalue weighted by Gasteiger charge is 2.14. The molecule has 1 N–H and O–H groups in total. The van der Waals surface area contributed by atoms with Gasteiger partial charge in [0, 0.05) is 0 Å². The van der Waals surface area contributed by atoms with E-state index in [1.165, 1.54) is 11.8 Å². The van der Waals surface area contributed by atoms with Crippen molar-refractivity contribution in [1.82, 2.24) is 15.5 Å². The zero-order chi connectivity index (χ0) is 16.5. The van der Waals surface area contributed by atoms with E-state index >= 15 is 0 Å². The molecule has 1 amide bonds. The minimum absolute atomic E-state index is 0.0391. The summed E-state index contributed by atoms with van der Waals surface area (Å²) in [6.45, 7) is 4.22. The maximum absolute atomic E-state index is 12.2. The van der Waals surface area contributed by atoms with Crippen molar-refractivity contribution in [2.24, 2.45) is 0 Å². The number of nitrogens with zero attached hydrogens (tertiary/aromatic N) is 2. The molecule has 0 saturated carbocycles. The molecule has 124 valence electrons. The highest BCUT2D eigenvalue weighted by Crippen LogP contribution is 2.28. The van der Waals surface area contributed by atoms with Gasteiger partial charge in [0.05, 0.1) is 11.8 Å². The van der Waals surface area contributed by atoms with E-state index in [4.69, 9.17) is 0 Å². The van der Waals surface area contributed by atoms with Gasteiger partial charge in [0.2, 0.25) is 5.91 Å². The van der Waals surface area contributed by atoms with Crippen molar-refractivity contribution in [3.05, 3.63) is 35.9 Å². The minimum atomic E-state index is 0.0391. The average Bonchev–Trinajstić information content (AvgIpc) is 3.01. The Hall–Kier alpha value is -1.05. The molecule has 1 heterocycles. The van der Waals surface area contributed by atoms with E-state index in [1.807, 2.05) is 18.2 Å². The van der Waals surface area contributed by atoms with Crippen molar-refractivity contribution in [3.8, 4) is 0 Å². The molecule has 4 nitrogen and oxygen atoms in total. The van der Waals surface area contributed by atoms with E-state index in [9.17, 15) is 4.79 Å². The van der Waals surface area contributed by atoms with Gasteiger partial charge in [-0.15, -0.1) is 10.2 Å². The molecular formula is C16H21N3OS3. The van der Waals surface area contributed by atoms with Gasteiger partial charge in [-0.3, -0.25) is 4.79 Å². The molecule has 23 heavy (non-hydrogen) atoms. The number of benzene rings is 1. The quantitative estimate of drug-likeness (QED) is 0.666. The van der Waals surface area contributed by atoms with Gasteiger partial charge in [0.25, 0.3) is 0 Å². The smallest absolute Gasteiger partial charge is 0.230 e. The number of amides is 1. The van der Waals surface area contributed by atoms with Crippen LogP contribution in [0.25, 0.3) is 0 Å². The van der Waals surface area contributed by atoms with Crippen LogP contribution in [0.4, 0.5) is 0 Å². The lowest BCUT2D eigenvalue weighted by Gasteiger charge is -2.18. The van der Waals surface area contributed by atoms with Crippen molar-refractivity contribution in [2.75, 3.05) is 11.5 Å². The van der Waals surface area contributed by atoms with Crippen LogP contribution >= 0.6 is 34.9 Å². The van der Waals surface area contributed by atoms with Crippen LogP contribution in [-0.2, 0) is 4.79 Å². The second kappa shape index (κ2) is 9.95. The maximum atomic E-state index is 12.2. The van der Waals surface area contributed by atoms with Crippen molar-refractivity contribution >= 4 is 40.8 Å². The first-order chi connectivity index (χ1) is 11.2. The molecule has 1 aromatic heterocycles. The molecule has 0 spiro atoms. The Labute approximate surface area is 149 Å². The van der Waals surface area contributed by atoms with Crippen molar-refractivity contribution in [1.29, 1.82) is 0 Å². The lowest BCUT2D eigenvalue weighted by Crippen LogP contribution is -2.29. The van der Waals surface area contributed by atoms with Crippen LogP contribution in [0.2, 0.25) is 0 Å². The van der Waals surface area contributed by atoms with Crippen LogP contribution in [0.1, 0.15) is 38.3 Å². The van der Waals surface area contributed by atoms with E-state index in [1.54, 1.807) is 23.1 Å². The molecule has 7 heteroatoms. The zero-order valence-electron chi connectivity index (χ0n) is 13.3. The third-order valence-electron chi connectivity index (χ3n) is 3.10. The molecule has 1 unspecified atom stereocenters. The van der Waals surface area contributed by atoms with Crippen LogP contribution in [0.5, 0.6) is 0 Å². The summed E-state index contributed by atoms with van der Waals surface area (Å²) in [4.78, 5) is 12.2. The molecule has 1 aromatic carbocycles. The van der Waals surface area contributed by atoms with Crippen molar-refractivity contribution in [3.63, 3.8) is 0 Å². The third kappa shape index (κ3) is 6.16. The van der Waals surface area contributed by atoms with Crippen LogP contribution in [0.15, 0.2) is 39.0 Å². The van der Waals surface area contributed by atoms with E-state index in [2.05, 4.69) is 41.5 Å². The average molecular weight is 368 g/mol. The standard InChI is InChI=1S/C16H21N3OS3/c1-3-8-13(12-9-6-5-7-10-12)17-14(20)11-22-16-19-18-15(23-16)21-4-2/h5-7,9-10,13H,3-4,8,11H2,1-2H3,(H,17,20). The first-order valence-corrected chi connectivity index (χ1v) is 10.4. The number of nitrogens with one attached hydrogen (secondary N) is 1.